The van der Waals surface area contributed by atoms with Crippen LogP contribution in [-0.4, -0.2) is 38.6 Å². The highest BCUT2D eigenvalue weighted by Gasteiger charge is 2.25. The van der Waals surface area contributed by atoms with E-state index in [1.807, 2.05) is 30.3 Å². The Kier molecular flexibility index (Phi) is 5.97. The third kappa shape index (κ3) is 5.01. The van der Waals surface area contributed by atoms with Gasteiger partial charge in [-0.25, -0.2) is 14.8 Å². The number of nitrogens with zero attached hydrogens (tertiary/aromatic N) is 3. The number of benzene rings is 1. The molecule has 0 bridgehead atoms. The maximum absolute atomic E-state index is 12.6. The topological polar surface area (TPSA) is 86.1 Å². The number of carbonyl (C=O) groups excluding carboxylic acids is 2. The van der Waals surface area contributed by atoms with Crippen LogP contribution in [0.4, 0.5) is 0 Å². The fourth-order valence-corrected chi connectivity index (χ4v) is 3.23. The monoisotopic (exact) mass is 384 g/mol. The molecule has 0 saturated carbocycles. The zero-order chi connectivity index (χ0) is 19.2. The summed E-state index contributed by atoms with van der Waals surface area (Å²) >= 11 is 1.38. The molecule has 140 valence electrons. The largest absolute Gasteiger partial charge is 0.461 e. The van der Waals surface area contributed by atoms with Gasteiger partial charge in [0.05, 0.1) is 19.0 Å². The lowest BCUT2D eigenvalue weighted by Crippen LogP contribution is -2.45. The second kappa shape index (κ2) is 8.59. The van der Waals surface area contributed by atoms with E-state index >= 15 is 0 Å². The second-order valence-electron chi connectivity index (χ2n) is 6.18. The van der Waals surface area contributed by atoms with Crippen LogP contribution in [0.25, 0.3) is 10.6 Å². The van der Waals surface area contributed by atoms with Gasteiger partial charge in [-0.3, -0.25) is 4.79 Å². The maximum Gasteiger partial charge on any atom is 0.330 e. The first-order valence-electron chi connectivity index (χ1n) is 8.51. The fourth-order valence-electron chi connectivity index (χ4n) is 2.42. The molecule has 27 heavy (non-hydrogen) atoms. The van der Waals surface area contributed by atoms with Crippen LogP contribution >= 0.6 is 11.3 Å². The Labute approximate surface area is 161 Å². The van der Waals surface area contributed by atoms with Gasteiger partial charge in [0.25, 0.3) is 5.91 Å². The van der Waals surface area contributed by atoms with Crippen molar-refractivity contribution in [2.24, 2.45) is 0 Å². The SMILES string of the molecule is CC(C)OC(=O)[C@H](Cn1ccnc1)NC(=O)c1csc(-c2ccccc2)n1. The van der Waals surface area contributed by atoms with Crippen LogP contribution in [0.15, 0.2) is 54.4 Å². The van der Waals surface area contributed by atoms with Crippen LogP contribution in [0, 0.1) is 0 Å². The third-order valence-electron chi connectivity index (χ3n) is 3.65. The summed E-state index contributed by atoms with van der Waals surface area (Å²) in [6, 6.07) is 8.78. The number of rotatable bonds is 7. The Morgan fingerprint density at radius 3 is 2.70 bits per heavy atom. The zero-order valence-corrected chi connectivity index (χ0v) is 15.8. The standard InChI is InChI=1S/C19H20N4O3S/c1-13(2)26-19(25)15(10-23-9-8-20-12-23)21-17(24)16-11-27-18(22-16)14-6-4-3-5-7-14/h3-9,11-13,15H,10H2,1-2H3,(H,21,24)/t15-/m0/s1. The van der Waals surface area contributed by atoms with Gasteiger partial charge in [0.1, 0.15) is 16.7 Å². The number of esters is 1. The van der Waals surface area contributed by atoms with Gasteiger partial charge in [0.15, 0.2) is 0 Å². The second-order valence-corrected chi connectivity index (χ2v) is 7.03. The molecule has 8 heteroatoms. The van der Waals surface area contributed by atoms with Crippen LogP contribution in [0.2, 0.25) is 0 Å². The predicted molar refractivity (Wildman–Crippen MR) is 102 cm³/mol. The summed E-state index contributed by atoms with van der Waals surface area (Å²) in [7, 11) is 0. The molecule has 0 spiro atoms. The van der Waals surface area contributed by atoms with Gasteiger partial charge < -0.3 is 14.6 Å². The normalized spacial score (nSPS) is 12.0. The number of aromatic nitrogens is 3. The highest BCUT2D eigenvalue weighted by atomic mass is 32.1. The van der Waals surface area contributed by atoms with E-state index in [-0.39, 0.29) is 18.3 Å². The van der Waals surface area contributed by atoms with Crippen molar-refractivity contribution in [3.05, 3.63) is 60.1 Å². The number of hydrogen-bond donors (Lipinski definition) is 1. The van der Waals surface area contributed by atoms with Crippen molar-refractivity contribution in [1.82, 2.24) is 19.9 Å². The number of hydrogen-bond acceptors (Lipinski definition) is 6. The number of ether oxygens (including phenoxy) is 1. The Morgan fingerprint density at radius 2 is 2.04 bits per heavy atom. The first-order valence-corrected chi connectivity index (χ1v) is 9.39. The minimum atomic E-state index is -0.837. The molecule has 3 aromatic rings. The van der Waals surface area contributed by atoms with Crippen molar-refractivity contribution in [2.75, 3.05) is 0 Å². The molecule has 0 aliphatic heterocycles. The van der Waals surface area contributed by atoms with E-state index in [1.54, 1.807) is 42.5 Å². The van der Waals surface area contributed by atoms with Gasteiger partial charge in [-0.2, -0.15) is 0 Å². The van der Waals surface area contributed by atoms with E-state index in [1.165, 1.54) is 11.3 Å². The van der Waals surface area contributed by atoms with Crippen molar-refractivity contribution < 1.29 is 14.3 Å². The van der Waals surface area contributed by atoms with Gasteiger partial charge in [-0.1, -0.05) is 30.3 Å². The quantitative estimate of drug-likeness (QED) is 0.633. The minimum absolute atomic E-state index is 0.229. The molecule has 1 atom stereocenters. The fraction of sp³-hybridized carbons (Fsp3) is 0.263. The molecular formula is C19H20N4O3S. The van der Waals surface area contributed by atoms with Crippen LogP contribution in [-0.2, 0) is 16.1 Å². The van der Waals surface area contributed by atoms with Gasteiger partial charge in [0, 0.05) is 23.3 Å². The molecule has 2 heterocycles. The van der Waals surface area contributed by atoms with Crippen molar-refractivity contribution in [1.29, 1.82) is 0 Å². The first-order chi connectivity index (χ1) is 13.0. The predicted octanol–water partition coefficient (Wildman–Crippen LogP) is 2.76. The van der Waals surface area contributed by atoms with Gasteiger partial charge in [-0.15, -0.1) is 11.3 Å². The van der Waals surface area contributed by atoms with E-state index in [0.717, 1.165) is 10.6 Å². The summed E-state index contributed by atoms with van der Waals surface area (Å²) in [5.74, 6) is -0.912. The third-order valence-corrected chi connectivity index (χ3v) is 4.54. The maximum atomic E-state index is 12.6. The zero-order valence-electron chi connectivity index (χ0n) is 15.0. The van der Waals surface area contributed by atoms with Crippen LogP contribution in [0.5, 0.6) is 0 Å². The van der Waals surface area contributed by atoms with Gasteiger partial charge in [-0.05, 0) is 13.8 Å². The lowest BCUT2D eigenvalue weighted by molar-refractivity contribution is -0.150. The molecule has 1 aromatic carbocycles. The van der Waals surface area contributed by atoms with Crippen LogP contribution in [0.1, 0.15) is 24.3 Å². The molecule has 0 unspecified atom stereocenters. The highest BCUT2D eigenvalue weighted by molar-refractivity contribution is 7.13. The summed E-state index contributed by atoms with van der Waals surface area (Å²) in [4.78, 5) is 33.3. The van der Waals surface area contributed by atoms with Crippen molar-refractivity contribution >= 4 is 23.2 Å². The first kappa shape index (κ1) is 18.8. The molecule has 3 rings (SSSR count). The molecule has 2 aromatic heterocycles. The summed E-state index contributed by atoms with van der Waals surface area (Å²) in [5.41, 5.74) is 1.21. The van der Waals surface area contributed by atoms with Gasteiger partial charge in [0.2, 0.25) is 0 Å². The molecule has 7 nitrogen and oxygen atoms in total. The smallest absolute Gasteiger partial charge is 0.330 e. The van der Waals surface area contributed by atoms with E-state index in [9.17, 15) is 9.59 Å². The minimum Gasteiger partial charge on any atom is -0.461 e. The van der Waals surface area contributed by atoms with E-state index < -0.39 is 17.9 Å². The van der Waals surface area contributed by atoms with Crippen LogP contribution < -0.4 is 5.32 Å². The number of carbonyl (C=O) groups is 2. The number of imidazole rings is 1. The van der Waals surface area contributed by atoms with Crippen molar-refractivity contribution in [3.63, 3.8) is 0 Å². The molecule has 0 radical (unpaired) electrons. The number of thiazole rings is 1. The van der Waals surface area contributed by atoms with Crippen molar-refractivity contribution in [3.8, 4) is 10.6 Å². The van der Waals surface area contributed by atoms with Crippen molar-refractivity contribution in [2.45, 2.75) is 32.5 Å². The average Bonchev–Trinajstić information content (AvgIpc) is 3.33. The number of amides is 1. The summed E-state index contributed by atoms with van der Waals surface area (Å²) < 4.78 is 6.98. The summed E-state index contributed by atoms with van der Waals surface area (Å²) in [6.45, 7) is 3.76. The van der Waals surface area contributed by atoms with E-state index in [4.69, 9.17) is 4.74 Å². The Hall–Kier alpha value is -3.00. The lowest BCUT2D eigenvalue weighted by Gasteiger charge is -2.19. The molecule has 1 N–H and O–H groups in total. The van der Waals surface area contributed by atoms with Crippen LogP contribution in [0.3, 0.4) is 0 Å². The molecule has 0 aliphatic carbocycles. The molecule has 0 saturated heterocycles. The van der Waals surface area contributed by atoms with E-state index in [0.29, 0.717) is 0 Å². The molecule has 1 amide bonds. The Balaban J connectivity index is 1.73. The lowest BCUT2D eigenvalue weighted by atomic mass is 10.2. The van der Waals surface area contributed by atoms with Gasteiger partial charge >= 0.3 is 5.97 Å². The summed E-state index contributed by atoms with van der Waals surface area (Å²) in [5, 5.41) is 5.15. The molecular weight excluding hydrogens is 364 g/mol. The Morgan fingerprint density at radius 1 is 1.26 bits per heavy atom. The highest BCUT2D eigenvalue weighted by Crippen LogP contribution is 2.23. The number of nitrogens with one attached hydrogen (secondary N) is 1. The van der Waals surface area contributed by atoms with E-state index in [2.05, 4.69) is 15.3 Å². The average molecular weight is 384 g/mol. The molecule has 0 fully saturated rings. The summed E-state index contributed by atoms with van der Waals surface area (Å²) in [6.07, 6.45) is 4.64. The molecule has 0 aliphatic rings. The Bertz CT molecular complexity index is 891.